The van der Waals surface area contributed by atoms with Crippen molar-refractivity contribution in [3.8, 4) is 5.75 Å². The Morgan fingerprint density at radius 3 is 2.62 bits per heavy atom. The molecule has 1 atom stereocenters. The average Bonchev–Trinajstić information content (AvgIpc) is 2.53. The number of fused-ring (bicyclic) bond motifs is 1. The number of aliphatic hydroxyl groups excluding tert-OH is 1. The fraction of sp³-hybridized carbons (Fsp3) is 0.333. The number of hydrogen-bond donors (Lipinski definition) is 1. The molecule has 1 N–H and O–H groups in total. The van der Waals surface area contributed by atoms with Gasteiger partial charge in [-0.15, -0.1) is 0 Å². The zero-order valence-electron chi connectivity index (χ0n) is 12.5. The highest BCUT2D eigenvalue weighted by atomic mass is 16.5. The topological polar surface area (TPSA) is 32.7 Å². The number of aryl methyl sites for hydroxylation is 1. The molecule has 0 amide bonds. The Morgan fingerprint density at radius 1 is 1.10 bits per heavy atom. The molecule has 0 aromatic heterocycles. The first kappa shape index (κ1) is 14.0. The van der Waals surface area contributed by atoms with E-state index in [0.29, 0.717) is 0 Å². The van der Waals surface area contributed by atoms with Crippen LogP contribution in [0.25, 0.3) is 0 Å². The van der Waals surface area contributed by atoms with Gasteiger partial charge in [0.05, 0.1) is 18.9 Å². The summed E-state index contributed by atoms with van der Waals surface area (Å²) in [6.07, 6.45) is 1.67. The minimum Gasteiger partial charge on any atom is -0.496 e. The Kier molecular flexibility index (Phi) is 3.84. The molecule has 0 aliphatic carbocycles. The molecular formula is C18H21NO2. The molecule has 0 saturated carbocycles. The second-order valence-corrected chi connectivity index (χ2v) is 5.45. The standard InChI is InChI=1S/C18H21NO2/c1-13(20)18-16(10-5-11-17(18)21-2)19-12-6-8-14-7-3-4-9-15(14)19/h3-5,7,9-11,13,20H,6,8,12H2,1-2H3/t13-/m1/s1. The second kappa shape index (κ2) is 5.78. The van der Waals surface area contributed by atoms with Crippen molar-refractivity contribution in [1.29, 1.82) is 0 Å². The molecule has 1 aliphatic rings. The number of benzene rings is 2. The van der Waals surface area contributed by atoms with Crippen molar-refractivity contribution in [2.75, 3.05) is 18.6 Å². The molecule has 0 spiro atoms. The Morgan fingerprint density at radius 2 is 1.86 bits per heavy atom. The van der Waals surface area contributed by atoms with Crippen molar-refractivity contribution in [3.63, 3.8) is 0 Å². The lowest BCUT2D eigenvalue weighted by Crippen LogP contribution is -2.25. The predicted octanol–water partition coefficient (Wildman–Crippen LogP) is 3.83. The van der Waals surface area contributed by atoms with Crippen molar-refractivity contribution in [2.45, 2.75) is 25.9 Å². The van der Waals surface area contributed by atoms with Gasteiger partial charge in [0.25, 0.3) is 0 Å². The van der Waals surface area contributed by atoms with Crippen LogP contribution in [0.1, 0.15) is 30.6 Å². The van der Waals surface area contributed by atoms with Gasteiger partial charge < -0.3 is 14.7 Å². The lowest BCUT2D eigenvalue weighted by Gasteiger charge is -2.33. The van der Waals surface area contributed by atoms with Crippen molar-refractivity contribution < 1.29 is 9.84 Å². The molecule has 0 unspecified atom stereocenters. The molecule has 110 valence electrons. The molecule has 1 heterocycles. The predicted molar refractivity (Wildman–Crippen MR) is 85.4 cm³/mol. The molecule has 2 aromatic rings. The Labute approximate surface area is 125 Å². The number of rotatable bonds is 3. The van der Waals surface area contributed by atoms with Crippen molar-refractivity contribution in [2.24, 2.45) is 0 Å². The zero-order valence-corrected chi connectivity index (χ0v) is 12.5. The lowest BCUT2D eigenvalue weighted by atomic mass is 9.98. The minimum atomic E-state index is -0.565. The molecule has 3 nitrogen and oxygen atoms in total. The van der Waals surface area contributed by atoms with E-state index in [2.05, 4.69) is 35.2 Å². The zero-order chi connectivity index (χ0) is 14.8. The molecule has 1 aliphatic heterocycles. The van der Waals surface area contributed by atoms with Gasteiger partial charge in [0.15, 0.2) is 0 Å². The summed E-state index contributed by atoms with van der Waals surface area (Å²) < 4.78 is 5.44. The normalized spacial score (nSPS) is 15.5. The number of ether oxygens (including phenoxy) is 1. The van der Waals surface area contributed by atoms with E-state index < -0.39 is 6.10 Å². The summed E-state index contributed by atoms with van der Waals surface area (Å²) in [5, 5.41) is 10.2. The highest BCUT2D eigenvalue weighted by molar-refractivity contribution is 5.72. The monoisotopic (exact) mass is 283 g/mol. The van der Waals surface area contributed by atoms with Gasteiger partial charge in [0, 0.05) is 17.8 Å². The summed E-state index contributed by atoms with van der Waals surface area (Å²) in [5.41, 5.74) is 4.50. The molecule has 0 fully saturated rings. The minimum absolute atomic E-state index is 0.565. The average molecular weight is 283 g/mol. The first-order valence-electron chi connectivity index (χ1n) is 7.42. The maximum absolute atomic E-state index is 10.2. The second-order valence-electron chi connectivity index (χ2n) is 5.45. The van der Waals surface area contributed by atoms with Gasteiger partial charge in [0.1, 0.15) is 5.75 Å². The summed E-state index contributed by atoms with van der Waals surface area (Å²) in [5.74, 6) is 0.741. The summed E-state index contributed by atoms with van der Waals surface area (Å²) in [6, 6.07) is 14.4. The first-order chi connectivity index (χ1) is 10.2. The van der Waals surface area contributed by atoms with Gasteiger partial charge in [-0.05, 0) is 43.5 Å². The number of para-hydroxylation sites is 1. The molecule has 21 heavy (non-hydrogen) atoms. The van der Waals surface area contributed by atoms with Gasteiger partial charge >= 0.3 is 0 Å². The highest BCUT2D eigenvalue weighted by Gasteiger charge is 2.23. The highest BCUT2D eigenvalue weighted by Crippen LogP contribution is 2.40. The fourth-order valence-electron chi connectivity index (χ4n) is 3.15. The summed E-state index contributed by atoms with van der Waals surface area (Å²) in [4.78, 5) is 2.30. The quantitative estimate of drug-likeness (QED) is 0.929. The van der Waals surface area contributed by atoms with Crippen molar-refractivity contribution in [1.82, 2.24) is 0 Å². The van der Waals surface area contributed by atoms with Gasteiger partial charge in [-0.25, -0.2) is 0 Å². The third kappa shape index (κ3) is 2.49. The van der Waals surface area contributed by atoms with E-state index in [9.17, 15) is 5.11 Å². The number of anilines is 2. The maximum atomic E-state index is 10.2. The number of aliphatic hydroxyl groups is 1. The molecule has 2 aromatic carbocycles. The van der Waals surface area contributed by atoms with Gasteiger partial charge in [-0.2, -0.15) is 0 Å². The number of nitrogens with zero attached hydrogens (tertiary/aromatic N) is 1. The van der Waals surface area contributed by atoms with Crippen LogP contribution in [-0.2, 0) is 6.42 Å². The van der Waals surface area contributed by atoms with Gasteiger partial charge in [-0.1, -0.05) is 24.3 Å². The summed E-state index contributed by atoms with van der Waals surface area (Å²) >= 11 is 0. The van der Waals surface area contributed by atoms with Crippen LogP contribution in [0, 0.1) is 0 Å². The van der Waals surface area contributed by atoms with Crippen molar-refractivity contribution in [3.05, 3.63) is 53.6 Å². The molecular weight excluding hydrogens is 262 g/mol. The summed E-state index contributed by atoms with van der Waals surface area (Å²) in [7, 11) is 1.65. The SMILES string of the molecule is COc1cccc(N2CCCc3ccccc32)c1[C@@H](C)O. The molecule has 0 saturated heterocycles. The van der Waals surface area contributed by atoms with Crippen LogP contribution in [0.15, 0.2) is 42.5 Å². The Hall–Kier alpha value is -2.00. The summed E-state index contributed by atoms with van der Waals surface area (Å²) in [6.45, 7) is 2.75. The van der Waals surface area contributed by atoms with Crippen molar-refractivity contribution >= 4 is 11.4 Å². The van der Waals surface area contributed by atoms with Crippen LogP contribution in [-0.4, -0.2) is 18.8 Å². The largest absolute Gasteiger partial charge is 0.496 e. The Balaban J connectivity index is 2.14. The van der Waals surface area contributed by atoms with Crippen LogP contribution in [0.2, 0.25) is 0 Å². The third-order valence-corrected chi connectivity index (χ3v) is 4.08. The van der Waals surface area contributed by atoms with E-state index in [-0.39, 0.29) is 0 Å². The number of methoxy groups -OCH3 is 1. The van der Waals surface area contributed by atoms with E-state index >= 15 is 0 Å². The lowest BCUT2D eigenvalue weighted by molar-refractivity contribution is 0.195. The van der Waals surface area contributed by atoms with Crippen LogP contribution < -0.4 is 9.64 Å². The van der Waals surface area contributed by atoms with E-state index in [0.717, 1.165) is 36.4 Å². The van der Waals surface area contributed by atoms with Crippen LogP contribution in [0.5, 0.6) is 5.75 Å². The molecule has 0 radical (unpaired) electrons. The molecule has 0 bridgehead atoms. The molecule has 3 heteroatoms. The fourth-order valence-corrected chi connectivity index (χ4v) is 3.15. The van der Waals surface area contributed by atoms with E-state index in [1.165, 1.54) is 11.3 Å². The van der Waals surface area contributed by atoms with Crippen LogP contribution in [0.3, 0.4) is 0 Å². The molecule has 3 rings (SSSR count). The third-order valence-electron chi connectivity index (χ3n) is 4.08. The van der Waals surface area contributed by atoms with Crippen LogP contribution >= 0.6 is 0 Å². The first-order valence-corrected chi connectivity index (χ1v) is 7.42. The van der Waals surface area contributed by atoms with E-state index in [1.807, 2.05) is 12.1 Å². The Bertz CT molecular complexity index is 637. The van der Waals surface area contributed by atoms with Gasteiger partial charge in [-0.3, -0.25) is 0 Å². The maximum Gasteiger partial charge on any atom is 0.126 e. The smallest absolute Gasteiger partial charge is 0.126 e. The van der Waals surface area contributed by atoms with Crippen LogP contribution in [0.4, 0.5) is 11.4 Å². The van der Waals surface area contributed by atoms with E-state index in [1.54, 1.807) is 14.0 Å². The van der Waals surface area contributed by atoms with Gasteiger partial charge in [0.2, 0.25) is 0 Å². The van der Waals surface area contributed by atoms with E-state index in [4.69, 9.17) is 4.74 Å². The number of hydrogen-bond acceptors (Lipinski definition) is 3.